The maximum atomic E-state index is 14.3. The highest BCUT2D eigenvalue weighted by atomic mass is 35.5. The zero-order valence-corrected chi connectivity index (χ0v) is 19.7. The molecule has 1 unspecified atom stereocenters. The number of carbonyl (C=O) groups is 1. The van der Waals surface area contributed by atoms with Crippen molar-refractivity contribution in [2.75, 3.05) is 32.7 Å². The number of nitrogens with zero attached hydrogens (tertiary/aromatic N) is 3. The molecule has 1 amide bonds. The summed E-state index contributed by atoms with van der Waals surface area (Å²) in [6.45, 7) is 1.52. The second-order valence-corrected chi connectivity index (χ2v) is 9.19. The Bertz CT molecular complexity index is 1090. The highest BCUT2D eigenvalue weighted by molar-refractivity contribution is 6.30. The molecule has 166 valence electrons. The molecule has 0 N–H and O–H groups in total. The number of carbonyl (C=O) groups excluding carboxylic acids is 1. The standard InChI is InChI=1S/C27H30ClN3O/c1-29(2)18-10-17-27(22-12-5-4-6-13-22)24-15-7-8-16-25(24)31(26(27)32)30(3)20-21-11-9-14-23(28)19-21/h4-9,11-16,19H,10,17-18,20H2,1-3H3. The summed E-state index contributed by atoms with van der Waals surface area (Å²) in [4.78, 5) is 16.5. The molecule has 3 aromatic rings. The van der Waals surface area contributed by atoms with Gasteiger partial charge in [-0.25, -0.2) is 10.0 Å². The lowest BCUT2D eigenvalue weighted by molar-refractivity contribution is -0.124. The van der Waals surface area contributed by atoms with Gasteiger partial charge in [0.1, 0.15) is 5.41 Å². The molecule has 4 nitrogen and oxygen atoms in total. The van der Waals surface area contributed by atoms with Crippen LogP contribution in [0.1, 0.15) is 29.5 Å². The van der Waals surface area contributed by atoms with E-state index in [4.69, 9.17) is 11.6 Å². The number of fused-ring (bicyclic) bond motifs is 1. The van der Waals surface area contributed by atoms with Gasteiger partial charge in [-0.05, 0) is 68.4 Å². The van der Waals surface area contributed by atoms with Crippen molar-refractivity contribution in [1.29, 1.82) is 0 Å². The molecule has 0 aliphatic carbocycles. The van der Waals surface area contributed by atoms with Crippen molar-refractivity contribution in [2.45, 2.75) is 24.8 Å². The molecular formula is C27H30ClN3O. The SMILES string of the molecule is CN(C)CCCC1(c2ccccc2)C(=O)N(N(C)Cc2cccc(Cl)c2)c2ccccc21. The first-order chi connectivity index (χ1) is 15.4. The van der Waals surface area contributed by atoms with Gasteiger partial charge < -0.3 is 4.90 Å². The zero-order valence-electron chi connectivity index (χ0n) is 19.0. The smallest absolute Gasteiger partial charge is 0.256 e. The van der Waals surface area contributed by atoms with Gasteiger partial charge in [-0.15, -0.1) is 0 Å². The van der Waals surface area contributed by atoms with Crippen molar-refractivity contribution in [2.24, 2.45) is 0 Å². The van der Waals surface area contributed by atoms with E-state index in [-0.39, 0.29) is 5.91 Å². The summed E-state index contributed by atoms with van der Waals surface area (Å²) in [6, 6.07) is 26.2. The summed E-state index contributed by atoms with van der Waals surface area (Å²) >= 11 is 6.20. The fourth-order valence-electron chi connectivity index (χ4n) is 4.78. The summed E-state index contributed by atoms with van der Waals surface area (Å²) in [5.41, 5.74) is 3.45. The second-order valence-electron chi connectivity index (χ2n) is 8.76. The molecule has 32 heavy (non-hydrogen) atoms. The van der Waals surface area contributed by atoms with Gasteiger partial charge in [-0.1, -0.05) is 72.3 Å². The van der Waals surface area contributed by atoms with Crippen molar-refractivity contribution in [3.63, 3.8) is 0 Å². The molecule has 3 aromatic carbocycles. The number of halogens is 1. The van der Waals surface area contributed by atoms with Crippen LogP contribution in [0.3, 0.4) is 0 Å². The number of rotatable bonds is 8. The van der Waals surface area contributed by atoms with Crippen LogP contribution in [0, 0.1) is 0 Å². The molecule has 0 bridgehead atoms. The predicted molar refractivity (Wildman–Crippen MR) is 132 cm³/mol. The van der Waals surface area contributed by atoms with Gasteiger partial charge in [-0.2, -0.15) is 0 Å². The molecule has 0 saturated carbocycles. The van der Waals surface area contributed by atoms with E-state index >= 15 is 0 Å². The Morgan fingerprint density at radius 2 is 1.62 bits per heavy atom. The van der Waals surface area contributed by atoms with Gasteiger partial charge in [0, 0.05) is 18.6 Å². The Kier molecular flexibility index (Phi) is 6.66. The molecule has 1 atom stereocenters. The van der Waals surface area contributed by atoms with Gasteiger partial charge in [0.25, 0.3) is 5.91 Å². The van der Waals surface area contributed by atoms with Crippen LogP contribution in [0.25, 0.3) is 0 Å². The third-order valence-corrected chi connectivity index (χ3v) is 6.45. The van der Waals surface area contributed by atoms with Crippen molar-refractivity contribution in [1.82, 2.24) is 9.91 Å². The minimum absolute atomic E-state index is 0.105. The number of hydrazine groups is 1. The summed E-state index contributed by atoms with van der Waals surface area (Å²) < 4.78 is 0. The summed E-state index contributed by atoms with van der Waals surface area (Å²) in [5.74, 6) is 0.105. The van der Waals surface area contributed by atoms with Gasteiger partial charge in [-0.3, -0.25) is 4.79 Å². The minimum atomic E-state index is -0.698. The van der Waals surface area contributed by atoms with E-state index in [1.54, 1.807) is 0 Å². The van der Waals surface area contributed by atoms with E-state index < -0.39 is 5.41 Å². The number of para-hydroxylation sites is 1. The van der Waals surface area contributed by atoms with Crippen LogP contribution < -0.4 is 5.01 Å². The Morgan fingerprint density at radius 1 is 0.906 bits per heavy atom. The normalized spacial score (nSPS) is 17.9. The molecule has 0 aromatic heterocycles. The van der Waals surface area contributed by atoms with Crippen LogP contribution >= 0.6 is 11.6 Å². The van der Waals surface area contributed by atoms with E-state index in [0.29, 0.717) is 11.6 Å². The van der Waals surface area contributed by atoms with Gasteiger partial charge in [0.15, 0.2) is 0 Å². The van der Waals surface area contributed by atoms with E-state index in [2.05, 4.69) is 43.3 Å². The molecule has 1 aliphatic rings. The van der Waals surface area contributed by atoms with Crippen LogP contribution in [0.2, 0.25) is 5.02 Å². The topological polar surface area (TPSA) is 26.8 Å². The first kappa shape index (κ1) is 22.5. The van der Waals surface area contributed by atoms with Gasteiger partial charge in [0.2, 0.25) is 0 Å². The second kappa shape index (κ2) is 9.45. The van der Waals surface area contributed by atoms with E-state index in [1.807, 2.05) is 71.7 Å². The molecule has 0 saturated heterocycles. The highest BCUT2D eigenvalue weighted by Crippen LogP contribution is 2.49. The average molecular weight is 448 g/mol. The van der Waals surface area contributed by atoms with Crippen molar-refractivity contribution >= 4 is 23.2 Å². The highest BCUT2D eigenvalue weighted by Gasteiger charge is 2.52. The third kappa shape index (κ3) is 4.18. The number of hydrogen-bond donors (Lipinski definition) is 0. The minimum Gasteiger partial charge on any atom is -0.309 e. The van der Waals surface area contributed by atoms with Crippen molar-refractivity contribution in [3.8, 4) is 0 Å². The van der Waals surface area contributed by atoms with Crippen molar-refractivity contribution in [3.05, 3.63) is 101 Å². The molecule has 0 spiro atoms. The molecule has 1 heterocycles. The molecule has 0 fully saturated rings. The Morgan fingerprint density at radius 3 is 2.34 bits per heavy atom. The lowest BCUT2D eigenvalue weighted by Crippen LogP contribution is -2.48. The van der Waals surface area contributed by atoms with Crippen LogP contribution in [-0.2, 0) is 16.8 Å². The number of hydrogen-bond acceptors (Lipinski definition) is 3. The molecule has 5 heteroatoms. The summed E-state index contributed by atoms with van der Waals surface area (Å²) in [5, 5.41) is 4.56. The van der Waals surface area contributed by atoms with Gasteiger partial charge in [0.05, 0.1) is 5.69 Å². The first-order valence-corrected chi connectivity index (χ1v) is 11.4. The number of anilines is 1. The molecular weight excluding hydrogens is 418 g/mol. The molecule has 4 rings (SSSR count). The number of benzene rings is 3. The van der Waals surface area contributed by atoms with Gasteiger partial charge >= 0.3 is 0 Å². The van der Waals surface area contributed by atoms with E-state index in [0.717, 1.165) is 41.8 Å². The average Bonchev–Trinajstić information content (AvgIpc) is 3.03. The summed E-state index contributed by atoms with van der Waals surface area (Å²) in [6.07, 6.45) is 1.68. The fraction of sp³-hybridized carbons (Fsp3) is 0.296. The maximum Gasteiger partial charge on any atom is 0.256 e. The largest absolute Gasteiger partial charge is 0.309 e. The monoisotopic (exact) mass is 447 g/mol. The quantitative estimate of drug-likeness (QED) is 0.465. The maximum absolute atomic E-state index is 14.3. The Balaban J connectivity index is 1.77. The first-order valence-electron chi connectivity index (χ1n) is 11.0. The zero-order chi connectivity index (χ0) is 22.7. The lowest BCUT2D eigenvalue weighted by atomic mass is 9.72. The third-order valence-electron chi connectivity index (χ3n) is 6.22. The van der Waals surface area contributed by atoms with Crippen LogP contribution in [0.15, 0.2) is 78.9 Å². The summed E-state index contributed by atoms with van der Waals surface area (Å²) in [7, 11) is 6.12. The van der Waals surface area contributed by atoms with E-state index in [9.17, 15) is 4.79 Å². The molecule has 1 aliphatic heterocycles. The molecule has 0 radical (unpaired) electrons. The Labute approximate surface area is 196 Å². The van der Waals surface area contributed by atoms with Crippen molar-refractivity contribution < 1.29 is 4.79 Å². The van der Waals surface area contributed by atoms with Crippen LogP contribution in [0.5, 0.6) is 0 Å². The van der Waals surface area contributed by atoms with Crippen LogP contribution in [0.4, 0.5) is 5.69 Å². The lowest BCUT2D eigenvalue weighted by Gasteiger charge is -2.33. The number of amides is 1. The Hall–Kier alpha value is -2.66. The predicted octanol–water partition coefficient (Wildman–Crippen LogP) is 5.36. The fourth-order valence-corrected chi connectivity index (χ4v) is 4.99. The van der Waals surface area contributed by atoms with Crippen LogP contribution in [-0.4, -0.2) is 43.5 Å². The van der Waals surface area contributed by atoms with E-state index in [1.165, 1.54) is 0 Å².